The summed E-state index contributed by atoms with van der Waals surface area (Å²) in [4.78, 5) is 2.74. The zero-order valence-corrected chi connectivity index (χ0v) is 11.8. The van der Waals surface area contributed by atoms with E-state index in [0.29, 0.717) is 5.41 Å². The van der Waals surface area contributed by atoms with E-state index >= 15 is 0 Å². The molecule has 3 aliphatic rings. The van der Waals surface area contributed by atoms with Crippen LogP contribution in [0.25, 0.3) is 0 Å². The molecule has 0 radical (unpaired) electrons. The molecule has 3 fully saturated rings. The minimum atomic E-state index is 0.619. The number of methoxy groups -OCH3 is 1. The van der Waals surface area contributed by atoms with Crippen LogP contribution in [0.15, 0.2) is 0 Å². The molecular formula is C15H28N2O. The zero-order chi connectivity index (χ0) is 12.4. The highest BCUT2D eigenvalue weighted by molar-refractivity contribution is 4.97. The van der Waals surface area contributed by atoms with Crippen LogP contribution in [0.1, 0.15) is 38.5 Å². The summed E-state index contributed by atoms with van der Waals surface area (Å²) >= 11 is 0. The SMILES string of the molecule is COCCC1(CN2CCCNC(C3CC3)C2)CC1. The standard InChI is InChI=1S/C15H28N2O/c1-18-10-7-15(5-6-15)12-17-9-2-8-16-14(11-17)13-3-4-13/h13-14,16H,2-12H2,1H3. The number of nitrogens with one attached hydrogen (secondary N) is 1. The molecule has 1 saturated heterocycles. The van der Waals surface area contributed by atoms with Crippen LogP contribution in [0.3, 0.4) is 0 Å². The van der Waals surface area contributed by atoms with Gasteiger partial charge in [0, 0.05) is 32.8 Å². The van der Waals surface area contributed by atoms with Crippen LogP contribution in [0.5, 0.6) is 0 Å². The Hall–Kier alpha value is -0.120. The average molecular weight is 252 g/mol. The maximum atomic E-state index is 5.27. The van der Waals surface area contributed by atoms with Gasteiger partial charge in [-0.05, 0) is 62.9 Å². The molecule has 2 saturated carbocycles. The van der Waals surface area contributed by atoms with Crippen LogP contribution in [0.2, 0.25) is 0 Å². The molecule has 0 amide bonds. The van der Waals surface area contributed by atoms with Gasteiger partial charge in [-0.3, -0.25) is 0 Å². The molecule has 1 atom stereocenters. The smallest absolute Gasteiger partial charge is 0.0468 e. The van der Waals surface area contributed by atoms with E-state index in [4.69, 9.17) is 4.74 Å². The zero-order valence-electron chi connectivity index (χ0n) is 11.8. The van der Waals surface area contributed by atoms with E-state index in [1.165, 1.54) is 64.7 Å². The van der Waals surface area contributed by atoms with Gasteiger partial charge in [-0.25, -0.2) is 0 Å². The number of rotatable bonds is 6. The van der Waals surface area contributed by atoms with Crippen molar-refractivity contribution in [2.45, 2.75) is 44.6 Å². The summed E-state index contributed by atoms with van der Waals surface area (Å²) < 4.78 is 5.27. The predicted molar refractivity (Wildman–Crippen MR) is 73.7 cm³/mol. The third-order valence-corrected chi connectivity index (χ3v) is 5.06. The maximum absolute atomic E-state index is 5.27. The van der Waals surface area contributed by atoms with Crippen LogP contribution >= 0.6 is 0 Å². The van der Waals surface area contributed by atoms with Crippen molar-refractivity contribution in [2.75, 3.05) is 39.9 Å². The fourth-order valence-electron chi connectivity index (χ4n) is 3.44. The van der Waals surface area contributed by atoms with Crippen LogP contribution in [0.4, 0.5) is 0 Å². The Labute approximate surface area is 111 Å². The minimum absolute atomic E-state index is 0.619. The summed E-state index contributed by atoms with van der Waals surface area (Å²) in [6.07, 6.45) is 8.36. The van der Waals surface area contributed by atoms with Crippen molar-refractivity contribution in [3.05, 3.63) is 0 Å². The molecule has 104 valence electrons. The van der Waals surface area contributed by atoms with Gasteiger partial charge in [0.05, 0.1) is 0 Å². The molecule has 3 nitrogen and oxygen atoms in total. The van der Waals surface area contributed by atoms with E-state index in [0.717, 1.165) is 18.6 Å². The lowest BCUT2D eigenvalue weighted by Crippen LogP contribution is -2.41. The van der Waals surface area contributed by atoms with Gasteiger partial charge in [-0.15, -0.1) is 0 Å². The molecular weight excluding hydrogens is 224 g/mol. The minimum Gasteiger partial charge on any atom is -0.385 e. The first-order valence-corrected chi connectivity index (χ1v) is 7.76. The Morgan fingerprint density at radius 1 is 1.33 bits per heavy atom. The molecule has 0 aromatic rings. The average Bonchev–Trinajstić information content (AvgIpc) is 3.24. The highest BCUT2D eigenvalue weighted by Crippen LogP contribution is 2.49. The van der Waals surface area contributed by atoms with Gasteiger partial charge >= 0.3 is 0 Å². The van der Waals surface area contributed by atoms with E-state index in [1.54, 1.807) is 0 Å². The number of nitrogens with zero attached hydrogens (tertiary/aromatic N) is 1. The van der Waals surface area contributed by atoms with E-state index in [2.05, 4.69) is 10.2 Å². The third kappa shape index (κ3) is 3.25. The Morgan fingerprint density at radius 3 is 2.83 bits per heavy atom. The van der Waals surface area contributed by atoms with Gasteiger partial charge in [0.25, 0.3) is 0 Å². The van der Waals surface area contributed by atoms with Crippen molar-refractivity contribution in [1.82, 2.24) is 10.2 Å². The van der Waals surface area contributed by atoms with E-state index in [9.17, 15) is 0 Å². The molecule has 1 unspecified atom stereocenters. The van der Waals surface area contributed by atoms with Crippen molar-refractivity contribution < 1.29 is 4.74 Å². The van der Waals surface area contributed by atoms with Crippen LogP contribution < -0.4 is 5.32 Å². The Balaban J connectivity index is 1.51. The highest BCUT2D eigenvalue weighted by atomic mass is 16.5. The van der Waals surface area contributed by atoms with Crippen molar-refractivity contribution in [1.29, 1.82) is 0 Å². The Morgan fingerprint density at radius 2 is 2.17 bits per heavy atom. The first-order chi connectivity index (χ1) is 8.81. The van der Waals surface area contributed by atoms with Crippen molar-refractivity contribution in [2.24, 2.45) is 11.3 Å². The van der Waals surface area contributed by atoms with E-state index < -0.39 is 0 Å². The number of ether oxygens (including phenoxy) is 1. The molecule has 1 heterocycles. The van der Waals surface area contributed by atoms with E-state index in [-0.39, 0.29) is 0 Å². The van der Waals surface area contributed by atoms with Crippen molar-refractivity contribution in [3.8, 4) is 0 Å². The van der Waals surface area contributed by atoms with Gasteiger partial charge in [0.2, 0.25) is 0 Å². The summed E-state index contributed by atoms with van der Waals surface area (Å²) in [5, 5.41) is 3.76. The summed E-state index contributed by atoms with van der Waals surface area (Å²) in [5.74, 6) is 0.986. The largest absolute Gasteiger partial charge is 0.385 e. The summed E-state index contributed by atoms with van der Waals surface area (Å²) in [5.41, 5.74) is 0.619. The summed E-state index contributed by atoms with van der Waals surface area (Å²) in [6.45, 7) is 6.08. The molecule has 0 aromatic heterocycles. The normalized spacial score (nSPS) is 32.2. The quantitative estimate of drug-likeness (QED) is 0.781. The molecule has 0 spiro atoms. The molecule has 3 rings (SSSR count). The monoisotopic (exact) mass is 252 g/mol. The Kier molecular flexibility index (Phi) is 3.92. The summed E-state index contributed by atoms with van der Waals surface area (Å²) in [7, 11) is 1.83. The number of hydrogen-bond acceptors (Lipinski definition) is 3. The van der Waals surface area contributed by atoms with Gasteiger partial charge in [-0.2, -0.15) is 0 Å². The van der Waals surface area contributed by atoms with Crippen LogP contribution in [0, 0.1) is 11.3 Å². The first-order valence-electron chi connectivity index (χ1n) is 7.76. The number of hydrogen-bond donors (Lipinski definition) is 1. The molecule has 1 aliphatic heterocycles. The fraction of sp³-hybridized carbons (Fsp3) is 1.00. The Bertz CT molecular complexity index is 274. The van der Waals surface area contributed by atoms with Gasteiger partial charge < -0.3 is 15.0 Å². The van der Waals surface area contributed by atoms with Crippen LogP contribution in [-0.4, -0.2) is 50.8 Å². The van der Waals surface area contributed by atoms with Crippen molar-refractivity contribution in [3.63, 3.8) is 0 Å². The van der Waals surface area contributed by atoms with Gasteiger partial charge in [-0.1, -0.05) is 0 Å². The van der Waals surface area contributed by atoms with Crippen LogP contribution in [-0.2, 0) is 4.74 Å². The molecule has 3 heteroatoms. The second kappa shape index (κ2) is 5.48. The second-order valence-corrected chi connectivity index (χ2v) is 6.73. The first kappa shape index (κ1) is 12.9. The van der Waals surface area contributed by atoms with Gasteiger partial charge in [0.1, 0.15) is 0 Å². The third-order valence-electron chi connectivity index (χ3n) is 5.06. The fourth-order valence-corrected chi connectivity index (χ4v) is 3.44. The predicted octanol–water partition coefficient (Wildman–Crippen LogP) is 1.88. The van der Waals surface area contributed by atoms with Gasteiger partial charge in [0.15, 0.2) is 0 Å². The molecule has 1 N–H and O–H groups in total. The van der Waals surface area contributed by atoms with Crippen molar-refractivity contribution >= 4 is 0 Å². The lowest BCUT2D eigenvalue weighted by molar-refractivity contribution is 0.144. The second-order valence-electron chi connectivity index (χ2n) is 6.73. The molecule has 18 heavy (non-hydrogen) atoms. The van der Waals surface area contributed by atoms with E-state index in [1.807, 2.05) is 7.11 Å². The summed E-state index contributed by atoms with van der Waals surface area (Å²) in [6, 6.07) is 0.783. The molecule has 0 bridgehead atoms. The molecule has 2 aliphatic carbocycles. The maximum Gasteiger partial charge on any atom is 0.0468 e. The lowest BCUT2D eigenvalue weighted by atomic mass is 10.0. The lowest BCUT2D eigenvalue weighted by Gasteiger charge is -2.28. The highest BCUT2D eigenvalue weighted by Gasteiger charge is 2.44. The topological polar surface area (TPSA) is 24.5 Å². The molecule has 0 aromatic carbocycles.